The number of amides is 1. The van der Waals surface area contributed by atoms with Gasteiger partial charge < -0.3 is 14.6 Å². The van der Waals surface area contributed by atoms with Gasteiger partial charge in [-0.15, -0.1) is 0 Å². The summed E-state index contributed by atoms with van der Waals surface area (Å²) in [5.74, 6) is 0.341. The van der Waals surface area contributed by atoms with E-state index in [4.69, 9.17) is 9.47 Å². The average molecular weight is 520 g/mol. The second kappa shape index (κ2) is 10.1. The highest BCUT2D eigenvalue weighted by Crippen LogP contribution is 2.30. The maximum Gasteiger partial charge on any atom is 0.323 e. The summed E-state index contributed by atoms with van der Waals surface area (Å²) in [6.45, 7) is 0. The zero-order valence-corrected chi connectivity index (χ0v) is 18.1. The number of rotatable bonds is 7. The minimum atomic E-state index is -1.26. The third-order valence-corrected chi connectivity index (χ3v) is 4.69. The molecule has 3 aromatic rings. The third-order valence-electron chi connectivity index (χ3n) is 3.62. The molecule has 0 aliphatic rings. The number of para-hydroxylation sites is 2. The predicted octanol–water partition coefficient (Wildman–Crippen LogP) is 4.85. The van der Waals surface area contributed by atoms with Gasteiger partial charge in [0, 0.05) is 10.0 Å². The molecule has 0 saturated heterocycles. The van der Waals surface area contributed by atoms with Crippen molar-refractivity contribution in [1.29, 1.82) is 0 Å². The van der Waals surface area contributed by atoms with E-state index in [9.17, 15) is 9.90 Å². The molecule has 0 aliphatic carbocycles. The highest BCUT2D eigenvalue weighted by Gasteiger charge is 2.22. The molecule has 8 heteroatoms. The summed E-state index contributed by atoms with van der Waals surface area (Å²) < 4.78 is 12.6. The number of phenols is 1. The van der Waals surface area contributed by atoms with Gasteiger partial charge in [0.1, 0.15) is 17.2 Å². The van der Waals surface area contributed by atoms with Crippen LogP contribution >= 0.6 is 31.9 Å². The maximum atomic E-state index is 12.6. The first-order valence-corrected chi connectivity index (χ1v) is 10.1. The molecule has 0 saturated carbocycles. The van der Waals surface area contributed by atoms with Crippen molar-refractivity contribution in [3.05, 3.63) is 87.3 Å². The number of aromatic hydroxyl groups is 1. The first kappa shape index (κ1) is 20.9. The summed E-state index contributed by atoms with van der Waals surface area (Å²) in [6, 6.07) is 21.1. The van der Waals surface area contributed by atoms with Crippen molar-refractivity contribution in [3.8, 4) is 17.2 Å². The quantitative estimate of drug-likeness (QED) is 0.265. The Balaban J connectivity index is 1.73. The van der Waals surface area contributed by atoms with Crippen LogP contribution in [0.15, 0.2) is 86.8 Å². The summed E-state index contributed by atoms with van der Waals surface area (Å²) >= 11 is 6.58. The van der Waals surface area contributed by atoms with Crippen molar-refractivity contribution in [2.24, 2.45) is 5.10 Å². The maximum absolute atomic E-state index is 12.6. The van der Waals surface area contributed by atoms with Gasteiger partial charge in [0.2, 0.25) is 0 Å². The molecule has 0 atom stereocenters. The molecular weight excluding hydrogens is 504 g/mol. The number of benzene rings is 3. The molecule has 0 fully saturated rings. The standard InChI is InChI=1S/C21H16Br2N2O4/c22-15-11-14(19(26)18(23)12-15)13-24-25-20(27)21(28-16-7-3-1-4-8-16)29-17-9-5-2-6-10-17/h1-13,21,26H,(H,25,27)/b24-13+. The van der Waals surface area contributed by atoms with Gasteiger partial charge in [0.25, 0.3) is 0 Å². The highest BCUT2D eigenvalue weighted by atomic mass is 79.9. The third kappa shape index (κ3) is 6.07. The van der Waals surface area contributed by atoms with Gasteiger partial charge in [-0.05, 0) is 52.3 Å². The van der Waals surface area contributed by atoms with Crippen LogP contribution in [0.25, 0.3) is 0 Å². The molecule has 0 heterocycles. The van der Waals surface area contributed by atoms with Gasteiger partial charge in [0.15, 0.2) is 0 Å². The largest absolute Gasteiger partial charge is 0.506 e. The Labute approximate surface area is 184 Å². The lowest BCUT2D eigenvalue weighted by atomic mass is 10.2. The smallest absolute Gasteiger partial charge is 0.323 e. The molecule has 2 N–H and O–H groups in total. The zero-order chi connectivity index (χ0) is 20.6. The number of carbonyl (C=O) groups is 1. The van der Waals surface area contributed by atoms with Gasteiger partial charge in [-0.1, -0.05) is 52.3 Å². The first-order chi connectivity index (χ1) is 14.0. The number of carbonyl (C=O) groups excluding carboxylic acids is 1. The fourth-order valence-electron chi connectivity index (χ4n) is 2.28. The zero-order valence-electron chi connectivity index (χ0n) is 15.0. The number of hydrogen-bond donors (Lipinski definition) is 2. The van der Waals surface area contributed by atoms with E-state index in [1.54, 1.807) is 60.7 Å². The van der Waals surface area contributed by atoms with Gasteiger partial charge in [-0.25, -0.2) is 5.43 Å². The summed E-state index contributed by atoms with van der Waals surface area (Å²) in [5, 5.41) is 14.0. The number of halogens is 2. The minimum absolute atomic E-state index is 0.00354. The number of hydrazone groups is 1. The molecule has 3 aromatic carbocycles. The van der Waals surface area contributed by atoms with E-state index in [-0.39, 0.29) is 5.75 Å². The highest BCUT2D eigenvalue weighted by molar-refractivity contribution is 9.11. The number of ether oxygens (including phenoxy) is 2. The SMILES string of the molecule is O=C(N/N=C/c1cc(Br)cc(Br)c1O)C(Oc1ccccc1)Oc1ccccc1. The van der Waals surface area contributed by atoms with E-state index in [2.05, 4.69) is 42.4 Å². The molecule has 0 spiro atoms. The van der Waals surface area contributed by atoms with E-state index < -0.39 is 12.2 Å². The van der Waals surface area contributed by atoms with E-state index >= 15 is 0 Å². The summed E-state index contributed by atoms with van der Waals surface area (Å²) in [6.07, 6.45) is 0.0602. The molecule has 6 nitrogen and oxygen atoms in total. The molecule has 1 amide bonds. The van der Waals surface area contributed by atoms with Crippen LogP contribution in [0.3, 0.4) is 0 Å². The summed E-state index contributed by atoms with van der Waals surface area (Å²) in [5.41, 5.74) is 2.79. The lowest BCUT2D eigenvalue weighted by Crippen LogP contribution is -2.40. The predicted molar refractivity (Wildman–Crippen MR) is 117 cm³/mol. The van der Waals surface area contributed by atoms with Crippen LogP contribution in [0.1, 0.15) is 5.56 Å². The number of phenolic OH excluding ortho intramolecular Hbond substituents is 1. The Kier molecular flexibility index (Phi) is 7.26. The lowest BCUT2D eigenvalue weighted by molar-refractivity contribution is -0.140. The molecule has 3 rings (SSSR count). The van der Waals surface area contributed by atoms with Gasteiger partial charge >= 0.3 is 12.2 Å². The Morgan fingerprint density at radius 1 is 0.966 bits per heavy atom. The van der Waals surface area contributed by atoms with Crippen molar-refractivity contribution in [2.45, 2.75) is 6.29 Å². The molecule has 0 radical (unpaired) electrons. The Morgan fingerprint density at radius 3 is 2.07 bits per heavy atom. The normalized spacial score (nSPS) is 10.9. The number of hydrogen-bond acceptors (Lipinski definition) is 5. The minimum Gasteiger partial charge on any atom is -0.506 e. The molecule has 0 unspecified atom stereocenters. The second-order valence-electron chi connectivity index (χ2n) is 5.75. The fourth-order valence-corrected chi connectivity index (χ4v) is 3.54. The Morgan fingerprint density at radius 2 is 1.52 bits per heavy atom. The molecule has 148 valence electrons. The fraction of sp³-hybridized carbons (Fsp3) is 0.0476. The van der Waals surface area contributed by atoms with Crippen LogP contribution in [0.5, 0.6) is 17.2 Å². The van der Waals surface area contributed by atoms with Crippen molar-refractivity contribution >= 4 is 44.0 Å². The van der Waals surface area contributed by atoms with Crippen molar-refractivity contribution in [3.63, 3.8) is 0 Å². The van der Waals surface area contributed by atoms with E-state index in [0.717, 1.165) is 4.47 Å². The van der Waals surface area contributed by atoms with E-state index in [0.29, 0.717) is 21.5 Å². The number of nitrogens with zero attached hydrogens (tertiary/aromatic N) is 1. The van der Waals surface area contributed by atoms with Gasteiger partial charge in [-0.2, -0.15) is 5.10 Å². The van der Waals surface area contributed by atoms with Gasteiger partial charge in [-0.3, -0.25) is 4.79 Å². The molecular formula is C21H16Br2N2O4. The van der Waals surface area contributed by atoms with Crippen molar-refractivity contribution < 1.29 is 19.4 Å². The average Bonchev–Trinajstić information content (AvgIpc) is 2.72. The topological polar surface area (TPSA) is 80.2 Å². The second-order valence-corrected chi connectivity index (χ2v) is 7.52. The van der Waals surface area contributed by atoms with Crippen LogP contribution in [0.2, 0.25) is 0 Å². The summed E-state index contributed by atoms with van der Waals surface area (Å²) in [4.78, 5) is 12.6. The molecule has 0 aromatic heterocycles. The van der Waals surface area contributed by atoms with Crippen LogP contribution in [0, 0.1) is 0 Å². The first-order valence-electron chi connectivity index (χ1n) is 8.47. The molecule has 0 bridgehead atoms. The molecule has 29 heavy (non-hydrogen) atoms. The van der Waals surface area contributed by atoms with Crippen molar-refractivity contribution in [1.82, 2.24) is 5.43 Å². The summed E-state index contributed by atoms with van der Waals surface area (Å²) in [7, 11) is 0. The Bertz CT molecular complexity index is 957. The van der Waals surface area contributed by atoms with E-state index in [1.807, 2.05) is 12.1 Å². The van der Waals surface area contributed by atoms with Crippen LogP contribution in [-0.4, -0.2) is 23.5 Å². The Hall–Kier alpha value is -2.84. The monoisotopic (exact) mass is 518 g/mol. The van der Waals surface area contributed by atoms with Crippen molar-refractivity contribution in [2.75, 3.05) is 0 Å². The molecule has 0 aliphatic heterocycles. The van der Waals surface area contributed by atoms with Crippen LogP contribution < -0.4 is 14.9 Å². The number of nitrogens with one attached hydrogen (secondary N) is 1. The van der Waals surface area contributed by atoms with Gasteiger partial charge in [0.05, 0.1) is 10.7 Å². The van der Waals surface area contributed by atoms with Crippen LogP contribution in [0.4, 0.5) is 0 Å². The lowest BCUT2D eigenvalue weighted by Gasteiger charge is -2.18. The van der Waals surface area contributed by atoms with E-state index in [1.165, 1.54) is 6.21 Å². The van der Waals surface area contributed by atoms with Crippen LogP contribution in [-0.2, 0) is 4.79 Å².